The van der Waals surface area contributed by atoms with Crippen molar-refractivity contribution in [3.63, 3.8) is 0 Å². The summed E-state index contributed by atoms with van der Waals surface area (Å²) in [6.45, 7) is 2.42. The van der Waals surface area contributed by atoms with Gasteiger partial charge in [-0.25, -0.2) is 0 Å². The van der Waals surface area contributed by atoms with Crippen molar-refractivity contribution in [2.75, 3.05) is 25.0 Å². The summed E-state index contributed by atoms with van der Waals surface area (Å²) in [5.41, 5.74) is 2.85. The van der Waals surface area contributed by atoms with Crippen LogP contribution in [0.5, 0.6) is 0 Å². The van der Waals surface area contributed by atoms with Gasteiger partial charge in [-0.1, -0.05) is 42.5 Å². The van der Waals surface area contributed by atoms with E-state index in [1.807, 2.05) is 73.5 Å². The summed E-state index contributed by atoms with van der Waals surface area (Å²) in [7, 11) is 1.87. The van der Waals surface area contributed by atoms with Gasteiger partial charge in [0, 0.05) is 19.3 Å². The molecule has 0 saturated carbocycles. The molecule has 0 aliphatic rings. The summed E-state index contributed by atoms with van der Waals surface area (Å²) in [5.74, 6) is -0.112. The number of likely N-dealkylation sites (N-methyl/N-ethyl adjacent to an activating group) is 1. The molecule has 0 fully saturated rings. The van der Waals surface area contributed by atoms with Crippen molar-refractivity contribution in [1.29, 1.82) is 0 Å². The second-order valence-corrected chi connectivity index (χ2v) is 5.37. The number of carbonyl (C=O) groups excluding carboxylic acids is 1. The quantitative estimate of drug-likeness (QED) is 0.860. The number of hydrogen-bond donors (Lipinski definition) is 2. The molecule has 1 unspecified atom stereocenters. The maximum atomic E-state index is 12.0. The number of hydrogen-bond acceptors (Lipinski definition) is 3. The van der Waals surface area contributed by atoms with Crippen LogP contribution in [0.1, 0.15) is 17.2 Å². The molecule has 2 aromatic rings. The maximum Gasteiger partial charge on any atom is 0.239 e. The van der Waals surface area contributed by atoms with E-state index in [9.17, 15) is 9.90 Å². The lowest BCUT2D eigenvalue weighted by atomic mass is 10.0. The summed E-state index contributed by atoms with van der Waals surface area (Å²) >= 11 is 0. The van der Waals surface area contributed by atoms with Crippen LogP contribution < -0.4 is 10.2 Å². The zero-order valence-corrected chi connectivity index (χ0v) is 13.0. The highest BCUT2D eigenvalue weighted by molar-refractivity contribution is 5.81. The van der Waals surface area contributed by atoms with Gasteiger partial charge in [0.15, 0.2) is 0 Å². The number of aliphatic hydroxyl groups excluding tert-OH is 1. The van der Waals surface area contributed by atoms with Gasteiger partial charge in [0.25, 0.3) is 0 Å². The Morgan fingerprint density at radius 1 is 1.14 bits per heavy atom. The molecule has 1 atom stereocenters. The lowest BCUT2D eigenvalue weighted by Gasteiger charge is -2.20. The molecule has 2 N–H and O–H groups in total. The van der Waals surface area contributed by atoms with Crippen LogP contribution >= 0.6 is 0 Å². The van der Waals surface area contributed by atoms with Gasteiger partial charge in [-0.2, -0.15) is 0 Å². The van der Waals surface area contributed by atoms with Gasteiger partial charge in [0.2, 0.25) is 5.91 Å². The molecule has 0 aliphatic heterocycles. The minimum atomic E-state index is -0.688. The number of rotatable bonds is 6. The minimum absolute atomic E-state index is 0.112. The van der Waals surface area contributed by atoms with E-state index < -0.39 is 6.10 Å². The van der Waals surface area contributed by atoms with E-state index in [0.717, 1.165) is 16.8 Å². The van der Waals surface area contributed by atoms with Gasteiger partial charge in [0.05, 0.1) is 12.6 Å². The van der Waals surface area contributed by atoms with Crippen molar-refractivity contribution in [2.24, 2.45) is 0 Å². The minimum Gasteiger partial charge on any atom is -0.387 e. The smallest absolute Gasteiger partial charge is 0.239 e. The fourth-order valence-electron chi connectivity index (χ4n) is 2.33. The van der Waals surface area contributed by atoms with Crippen LogP contribution in [0.4, 0.5) is 5.69 Å². The largest absolute Gasteiger partial charge is 0.387 e. The van der Waals surface area contributed by atoms with Crippen LogP contribution in [0.15, 0.2) is 54.6 Å². The van der Waals surface area contributed by atoms with Crippen molar-refractivity contribution in [3.8, 4) is 0 Å². The number of nitrogens with zero attached hydrogens (tertiary/aromatic N) is 1. The van der Waals surface area contributed by atoms with Gasteiger partial charge in [-0.05, 0) is 30.2 Å². The van der Waals surface area contributed by atoms with Crippen molar-refractivity contribution < 1.29 is 9.90 Å². The van der Waals surface area contributed by atoms with Crippen molar-refractivity contribution in [3.05, 3.63) is 65.7 Å². The normalized spacial score (nSPS) is 11.8. The highest BCUT2D eigenvalue weighted by atomic mass is 16.3. The fraction of sp³-hybridized carbons (Fsp3) is 0.278. The maximum absolute atomic E-state index is 12.0. The Morgan fingerprint density at radius 2 is 1.77 bits per heavy atom. The second-order valence-electron chi connectivity index (χ2n) is 5.37. The van der Waals surface area contributed by atoms with Crippen LogP contribution in [0, 0.1) is 6.92 Å². The van der Waals surface area contributed by atoms with E-state index in [1.54, 1.807) is 0 Å². The van der Waals surface area contributed by atoms with Crippen molar-refractivity contribution >= 4 is 11.6 Å². The van der Waals surface area contributed by atoms with Crippen LogP contribution in [0.2, 0.25) is 0 Å². The predicted molar refractivity (Wildman–Crippen MR) is 88.9 cm³/mol. The molecule has 0 heterocycles. The highest BCUT2D eigenvalue weighted by Gasteiger charge is 2.12. The number of para-hydroxylation sites is 1. The van der Waals surface area contributed by atoms with Crippen LogP contribution in [0.25, 0.3) is 0 Å². The molecule has 0 radical (unpaired) electrons. The Kier molecular flexibility index (Phi) is 5.55. The van der Waals surface area contributed by atoms with Crippen LogP contribution in [0.3, 0.4) is 0 Å². The Morgan fingerprint density at radius 3 is 2.45 bits per heavy atom. The summed E-state index contributed by atoms with van der Waals surface area (Å²) < 4.78 is 0. The van der Waals surface area contributed by atoms with E-state index in [2.05, 4.69) is 5.32 Å². The van der Waals surface area contributed by atoms with Crippen molar-refractivity contribution in [1.82, 2.24) is 5.32 Å². The topological polar surface area (TPSA) is 52.6 Å². The molecule has 22 heavy (non-hydrogen) atoms. The molecule has 0 bridgehead atoms. The van der Waals surface area contributed by atoms with E-state index >= 15 is 0 Å². The lowest BCUT2D eigenvalue weighted by Crippen LogP contribution is -2.37. The third-order valence-corrected chi connectivity index (χ3v) is 3.62. The predicted octanol–water partition coefficient (Wildman–Crippen LogP) is 2.28. The molecule has 0 spiro atoms. The number of anilines is 1. The van der Waals surface area contributed by atoms with Gasteiger partial charge in [0.1, 0.15) is 0 Å². The molecule has 2 aromatic carbocycles. The fourth-order valence-corrected chi connectivity index (χ4v) is 2.33. The van der Waals surface area contributed by atoms with Crippen LogP contribution in [-0.2, 0) is 4.79 Å². The molecule has 2 rings (SSSR count). The first-order valence-corrected chi connectivity index (χ1v) is 7.34. The monoisotopic (exact) mass is 298 g/mol. The summed E-state index contributed by atoms with van der Waals surface area (Å²) in [6.07, 6.45) is -0.688. The van der Waals surface area contributed by atoms with E-state index in [4.69, 9.17) is 0 Å². The Balaban J connectivity index is 1.84. The van der Waals surface area contributed by atoms with Gasteiger partial charge in [-0.15, -0.1) is 0 Å². The molecule has 0 saturated heterocycles. The standard InChI is InChI=1S/C18H22N2O2/c1-14-8-6-7-11-16(14)17(21)12-19-18(22)13-20(2)15-9-4-3-5-10-15/h3-11,17,21H,12-13H2,1-2H3,(H,19,22). The van der Waals surface area contributed by atoms with Crippen LogP contribution in [-0.4, -0.2) is 31.2 Å². The third-order valence-electron chi connectivity index (χ3n) is 3.62. The van der Waals surface area contributed by atoms with Gasteiger partial charge < -0.3 is 15.3 Å². The third kappa shape index (κ3) is 4.33. The first kappa shape index (κ1) is 16.0. The Bertz CT molecular complexity index is 613. The van der Waals surface area contributed by atoms with Gasteiger partial charge in [-0.3, -0.25) is 4.79 Å². The van der Waals surface area contributed by atoms with E-state index in [-0.39, 0.29) is 19.0 Å². The average Bonchev–Trinajstić information content (AvgIpc) is 2.54. The SMILES string of the molecule is Cc1ccccc1C(O)CNC(=O)CN(C)c1ccccc1. The summed E-state index contributed by atoms with van der Waals surface area (Å²) in [4.78, 5) is 13.9. The van der Waals surface area contributed by atoms with E-state index in [1.165, 1.54) is 0 Å². The molecule has 0 aliphatic carbocycles. The zero-order valence-electron chi connectivity index (χ0n) is 13.0. The Labute approximate surface area is 131 Å². The molecular formula is C18H22N2O2. The first-order chi connectivity index (χ1) is 10.6. The number of aliphatic hydroxyl groups is 1. The van der Waals surface area contributed by atoms with Crippen molar-refractivity contribution in [2.45, 2.75) is 13.0 Å². The van der Waals surface area contributed by atoms with E-state index in [0.29, 0.717) is 0 Å². The number of benzene rings is 2. The zero-order chi connectivity index (χ0) is 15.9. The number of amides is 1. The second kappa shape index (κ2) is 7.61. The molecule has 4 nitrogen and oxygen atoms in total. The summed E-state index contributed by atoms with van der Waals surface area (Å²) in [6, 6.07) is 17.4. The molecular weight excluding hydrogens is 276 g/mol. The first-order valence-electron chi connectivity index (χ1n) is 7.34. The molecule has 116 valence electrons. The number of aryl methyl sites for hydroxylation is 1. The Hall–Kier alpha value is -2.33. The summed E-state index contributed by atoms with van der Waals surface area (Å²) in [5, 5.41) is 13.0. The lowest BCUT2D eigenvalue weighted by molar-refractivity contribution is -0.120. The number of nitrogens with one attached hydrogen (secondary N) is 1. The number of carbonyl (C=O) groups is 1. The highest BCUT2D eigenvalue weighted by Crippen LogP contribution is 2.16. The molecule has 4 heteroatoms. The molecule has 1 amide bonds. The average molecular weight is 298 g/mol. The van der Waals surface area contributed by atoms with Gasteiger partial charge >= 0.3 is 0 Å². The molecule has 0 aromatic heterocycles.